The van der Waals surface area contributed by atoms with Crippen LogP contribution in [0.3, 0.4) is 0 Å². The summed E-state index contributed by atoms with van der Waals surface area (Å²) in [5, 5.41) is 12.7. The minimum atomic E-state index is -0.960. The van der Waals surface area contributed by atoms with Gasteiger partial charge < -0.3 is 10.4 Å². The van der Waals surface area contributed by atoms with E-state index in [9.17, 15) is 19.1 Å². The van der Waals surface area contributed by atoms with Crippen molar-refractivity contribution >= 4 is 23.9 Å². The Hall–Kier alpha value is -3.47. The molecule has 4 nitrogen and oxygen atoms in total. The number of aryl methyl sites for hydroxylation is 1. The molecular weight excluding hydrogens is 453 g/mol. The lowest BCUT2D eigenvalue weighted by Crippen LogP contribution is -2.28. The van der Waals surface area contributed by atoms with Crippen LogP contribution in [0.4, 0.5) is 4.39 Å². The normalized spacial score (nSPS) is 16.4. The molecule has 0 aromatic heterocycles. The maximum absolute atomic E-state index is 12.7. The maximum Gasteiger partial charge on any atom is 0.333 e. The zero-order chi connectivity index (χ0) is 26.9. The highest BCUT2D eigenvalue weighted by molar-refractivity contribution is 5.88. The molecule has 0 fully saturated rings. The quantitative estimate of drug-likeness (QED) is 0.294. The molecule has 0 bridgehead atoms. The van der Waals surface area contributed by atoms with Crippen LogP contribution < -0.4 is 5.32 Å². The van der Waals surface area contributed by atoms with Crippen LogP contribution in [0.15, 0.2) is 78.3 Å². The van der Waals surface area contributed by atoms with Gasteiger partial charge in [-0.25, -0.2) is 9.18 Å². The molecule has 2 N–H and O–H groups in total. The predicted molar refractivity (Wildman–Crippen MR) is 149 cm³/mol. The Morgan fingerprint density at radius 2 is 1.94 bits per heavy atom. The topological polar surface area (TPSA) is 66.4 Å². The first-order valence-corrected chi connectivity index (χ1v) is 12.6. The average molecular weight is 494 g/mol. The van der Waals surface area contributed by atoms with Gasteiger partial charge in [0.05, 0.1) is 17.9 Å². The Kier molecular flexibility index (Phi) is 14.5. The van der Waals surface area contributed by atoms with E-state index >= 15 is 0 Å². The van der Waals surface area contributed by atoms with Crippen LogP contribution in [-0.4, -0.2) is 23.4 Å². The van der Waals surface area contributed by atoms with Gasteiger partial charge in [-0.15, -0.1) is 0 Å². The number of carbonyl (C=O) groups excluding carboxylic acids is 1. The first kappa shape index (κ1) is 30.6. The molecule has 1 aliphatic carbocycles. The lowest BCUT2D eigenvalue weighted by Gasteiger charge is -2.24. The fourth-order valence-corrected chi connectivity index (χ4v) is 3.88. The van der Waals surface area contributed by atoms with Gasteiger partial charge in [-0.3, -0.25) is 4.79 Å². The summed E-state index contributed by atoms with van der Waals surface area (Å²) < 4.78 is 12.7. The molecule has 0 aliphatic heterocycles. The zero-order valence-corrected chi connectivity index (χ0v) is 22.0. The number of allylic oxidation sites excluding steroid dienone is 8. The van der Waals surface area contributed by atoms with Crippen LogP contribution in [0.1, 0.15) is 70.1 Å². The summed E-state index contributed by atoms with van der Waals surface area (Å²) in [7, 11) is 0. The standard InChI is InChI=1S/C29H34FNO3.C2H6/c1-4-9-25-18-23(12-15-24(25)5-2)13-16-26(32)20-31-28-17-14-22(19-27(28)29(33)34)11-8-6-7-10-21(3)30;1-2/h4-12,15,18,22,31H,2,13-14,16-17,19-20H2,1,3H3,(H,33,34);1-2H3/b7-6-,9-4-,11-8+,21-10+;. The summed E-state index contributed by atoms with van der Waals surface area (Å²) in [5.74, 6) is -1.09. The van der Waals surface area contributed by atoms with Gasteiger partial charge in [0.2, 0.25) is 0 Å². The lowest BCUT2D eigenvalue weighted by atomic mass is 9.86. The number of benzene rings is 1. The van der Waals surface area contributed by atoms with Gasteiger partial charge in [0.1, 0.15) is 0 Å². The number of rotatable bonds is 12. The van der Waals surface area contributed by atoms with E-state index in [0.29, 0.717) is 37.0 Å². The van der Waals surface area contributed by atoms with Crippen molar-refractivity contribution in [3.05, 3.63) is 95.0 Å². The molecule has 0 heterocycles. The van der Waals surface area contributed by atoms with Gasteiger partial charge in [-0.2, -0.15) is 0 Å². The Labute approximate surface area is 215 Å². The van der Waals surface area contributed by atoms with Crippen molar-refractivity contribution in [3.8, 4) is 0 Å². The molecule has 1 aromatic carbocycles. The van der Waals surface area contributed by atoms with E-state index in [-0.39, 0.29) is 24.1 Å². The van der Waals surface area contributed by atoms with Gasteiger partial charge in [-0.05, 0) is 68.2 Å². The third-order valence-electron chi connectivity index (χ3n) is 5.69. The molecule has 2 rings (SSSR count). The molecule has 0 amide bonds. The van der Waals surface area contributed by atoms with E-state index in [0.717, 1.165) is 23.1 Å². The maximum atomic E-state index is 12.7. The van der Waals surface area contributed by atoms with E-state index in [1.807, 2.05) is 63.3 Å². The Balaban J connectivity index is 0.00000316. The second-order valence-corrected chi connectivity index (χ2v) is 8.35. The highest BCUT2D eigenvalue weighted by Crippen LogP contribution is 2.29. The van der Waals surface area contributed by atoms with Crippen LogP contribution in [0, 0.1) is 5.92 Å². The smallest absolute Gasteiger partial charge is 0.333 e. The molecule has 36 heavy (non-hydrogen) atoms. The van der Waals surface area contributed by atoms with Crippen molar-refractivity contribution in [2.75, 3.05) is 6.54 Å². The largest absolute Gasteiger partial charge is 0.478 e. The number of aliphatic carboxylic acids is 1. The van der Waals surface area contributed by atoms with E-state index in [1.165, 1.54) is 13.0 Å². The van der Waals surface area contributed by atoms with E-state index in [4.69, 9.17) is 0 Å². The van der Waals surface area contributed by atoms with E-state index in [1.54, 1.807) is 12.2 Å². The van der Waals surface area contributed by atoms with Crippen LogP contribution in [0.5, 0.6) is 0 Å². The van der Waals surface area contributed by atoms with Gasteiger partial charge >= 0.3 is 5.97 Å². The fourth-order valence-electron chi connectivity index (χ4n) is 3.88. The number of Topliss-reactive ketones (excluding diaryl/α,β-unsaturated/α-hetero) is 1. The van der Waals surface area contributed by atoms with Gasteiger partial charge in [-0.1, -0.05) is 81.2 Å². The van der Waals surface area contributed by atoms with Gasteiger partial charge in [0.25, 0.3) is 0 Å². The first-order chi connectivity index (χ1) is 17.3. The molecule has 0 saturated carbocycles. The Morgan fingerprint density at radius 3 is 2.58 bits per heavy atom. The second-order valence-electron chi connectivity index (χ2n) is 8.35. The fraction of sp³-hybridized carbons (Fsp3) is 0.355. The molecule has 0 saturated heterocycles. The number of carboxylic acid groups (broad SMARTS) is 1. The Bertz CT molecular complexity index is 1040. The van der Waals surface area contributed by atoms with Crippen molar-refractivity contribution in [2.24, 2.45) is 5.92 Å². The molecule has 1 unspecified atom stereocenters. The highest BCUT2D eigenvalue weighted by atomic mass is 19.1. The molecule has 1 aromatic rings. The lowest BCUT2D eigenvalue weighted by molar-refractivity contribution is -0.133. The summed E-state index contributed by atoms with van der Waals surface area (Å²) in [6.45, 7) is 11.3. The minimum absolute atomic E-state index is 0.0426. The van der Waals surface area contributed by atoms with Crippen LogP contribution >= 0.6 is 0 Å². The number of nitrogens with one attached hydrogen (secondary N) is 1. The highest BCUT2D eigenvalue weighted by Gasteiger charge is 2.24. The van der Waals surface area contributed by atoms with Crippen molar-refractivity contribution in [1.82, 2.24) is 5.32 Å². The molecular formula is C31H40FNO3. The van der Waals surface area contributed by atoms with Gasteiger partial charge in [0, 0.05) is 12.1 Å². The van der Waals surface area contributed by atoms with Crippen LogP contribution in [-0.2, 0) is 16.0 Å². The number of hydrogen-bond acceptors (Lipinski definition) is 3. The zero-order valence-electron chi connectivity index (χ0n) is 22.0. The summed E-state index contributed by atoms with van der Waals surface area (Å²) >= 11 is 0. The van der Waals surface area contributed by atoms with Crippen molar-refractivity contribution in [3.63, 3.8) is 0 Å². The molecule has 1 aliphatic rings. The molecule has 0 spiro atoms. The summed E-state index contributed by atoms with van der Waals surface area (Å²) in [5.41, 5.74) is 4.18. The third-order valence-corrected chi connectivity index (χ3v) is 5.69. The monoisotopic (exact) mass is 493 g/mol. The molecule has 1 atom stereocenters. The number of halogens is 1. The minimum Gasteiger partial charge on any atom is -0.478 e. The number of carboxylic acids is 1. The summed E-state index contributed by atoms with van der Waals surface area (Å²) in [6.07, 6.45) is 17.1. The van der Waals surface area contributed by atoms with E-state index in [2.05, 4.69) is 18.0 Å². The second kappa shape index (κ2) is 17.0. The SMILES string of the molecule is C=Cc1ccc(CCC(=O)CNC2=C(C(=O)O)CC(/C=C/C=C\C=C(/C)F)CC2)cc1/C=C\C.CC. The molecule has 5 heteroatoms. The van der Waals surface area contributed by atoms with E-state index < -0.39 is 5.97 Å². The number of hydrogen-bond donors (Lipinski definition) is 2. The first-order valence-electron chi connectivity index (χ1n) is 12.6. The van der Waals surface area contributed by atoms with Crippen molar-refractivity contribution in [1.29, 1.82) is 0 Å². The van der Waals surface area contributed by atoms with Crippen molar-refractivity contribution in [2.45, 2.75) is 59.8 Å². The van der Waals surface area contributed by atoms with Gasteiger partial charge in [0.15, 0.2) is 5.78 Å². The van der Waals surface area contributed by atoms with Crippen molar-refractivity contribution < 1.29 is 19.1 Å². The number of carbonyl (C=O) groups is 2. The van der Waals surface area contributed by atoms with Crippen LogP contribution in [0.25, 0.3) is 12.2 Å². The summed E-state index contributed by atoms with van der Waals surface area (Å²) in [4.78, 5) is 24.2. The average Bonchev–Trinajstić information content (AvgIpc) is 2.87. The Morgan fingerprint density at radius 1 is 1.19 bits per heavy atom. The molecule has 194 valence electrons. The summed E-state index contributed by atoms with van der Waals surface area (Å²) in [6, 6.07) is 6.09. The number of ketones is 1. The van der Waals surface area contributed by atoms with Crippen LogP contribution in [0.2, 0.25) is 0 Å². The molecule has 0 radical (unpaired) electrons. The third kappa shape index (κ3) is 10.9. The predicted octanol–water partition coefficient (Wildman–Crippen LogP) is 7.60.